The second-order valence-corrected chi connectivity index (χ2v) is 10.1. The van der Waals surface area contributed by atoms with Gasteiger partial charge in [0.05, 0.1) is 25.8 Å². The zero-order chi connectivity index (χ0) is 30.5. The fourth-order valence-corrected chi connectivity index (χ4v) is 4.66. The summed E-state index contributed by atoms with van der Waals surface area (Å²) in [6, 6.07) is 22.8. The first kappa shape index (κ1) is 34.4. The van der Waals surface area contributed by atoms with Crippen LogP contribution in [0.1, 0.15) is 22.3 Å². The topological polar surface area (TPSA) is 172 Å². The monoisotopic (exact) mass is 595 g/mol. The average Bonchev–Trinajstić information content (AvgIpc) is 2.94. The van der Waals surface area contributed by atoms with Gasteiger partial charge in [-0.05, 0) is 55.6 Å². The molecule has 0 bridgehead atoms. The van der Waals surface area contributed by atoms with E-state index in [0.717, 1.165) is 0 Å². The summed E-state index contributed by atoms with van der Waals surface area (Å²) in [6.45, 7) is 0.159. The molecule has 0 unspecified atom stereocenters. The highest BCUT2D eigenvalue weighted by atomic mass is 16.5. The number of ether oxygens (including phenoxy) is 2. The van der Waals surface area contributed by atoms with Crippen LogP contribution < -0.4 is 10.1 Å². The van der Waals surface area contributed by atoms with Gasteiger partial charge in [0.1, 0.15) is 18.0 Å². The van der Waals surface area contributed by atoms with E-state index in [1.54, 1.807) is 60.5 Å². The largest absolute Gasteiger partial charge is 0.870 e. The minimum absolute atomic E-state index is 0. The zero-order valence-electron chi connectivity index (χ0n) is 24.1. The molecule has 12 nitrogen and oxygen atoms in total. The SMILES string of the molecule is COC(=O)c1ccc(C[N+](CCCN(C)CC(=O)Nc2ccc(Oc3ccccc3)cc2)(CC(=O)O)CC(=O)O)cc1.[OH-]. The van der Waals surface area contributed by atoms with Crippen LogP contribution in [0.3, 0.4) is 0 Å². The molecule has 0 radical (unpaired) electrons. The molecular weight excluding hydrogens is 558 g/mol. The first-order valence-corrected chi connectivity index (χ1v) is 13.3. The maximum atomic E-state index is 12.6. The zero-order valence-corrected chi connectivity index (χ0v) is 24.1. The summed E-state index contributed by atoms with van der Waals surface area (Å²) in [4.78, 5) is 49.7. The van der Waals surface area contributed by atoms with Gasteiger partial charge in [0.2, 0.25) is 5.91 Å². The summed E-state index contributed by atoms with van der Waals surface area (Å²) >= 11 is 0. The number of benzene rings is 3. The second kappa shape index (κ2) is 16.6. The molecule has 0 heterocycles. The summed E-state index contributed by atoms with van der Waals surface area (Å²) in [7, 11) is 3.04. The van der Waals surface area contributed by atoms with E-state index in [1.165, 1.54) is 7.11 Å². The number of amides is 1. The number of carboxylic acids is 2. The first-order chi connectivity index (χ1) is 20.1. The van der Waals surface area contributed by atoms with E-state index in [0.29, 0.717) is 41.3 Å². The van der Waals surface area contributed by atoms with Crippen LogP contribution in [0.2, 0.25) is 0 Å². The van der Waals surface area contributed by atoms with Gasteiger partial charge in [-0.15, -0.1) is 0 Å². The van der Waals surface area contributed by atoms with Crippen molar-refractivity contribution < 1.29 is 48.8 Å². The second-order valence-electron chi connectivity index (χ2n) is 10.1. The van der Waals surface area contributed by atoms with Gasteiger partial charge in [-0.25, -0.2) is 14.4 Å². The molecule has 0 atom stereocenters. The standard InChI is InChI=1S/C31H35N3O8.H2O/c1-33(19-28(35)32-25-13-15-27(16-14-25)42-26-7-4-3-5-8-26)17-6-18-34(21-29(36)37,22-30(38)39)20-23-9-11-24(12-10-23)31(40)41-2;/h3-5,7-16H,6,17-22H2,1-2H3,(H2-,32,35,36,37,38,39);1H2. The van der Waals surface area contributed by atoms with Gasteiger partial charge < -0.3 is 35.0 Å². The predicted octanol–water partition coefficient (Wildman–Crippen LogP) is 3.54. The third kappa shape index (κ3) is 11.6. The summed E-state index contributed by atoms with van der Waals surface area (Å²) in [6.07, 6.45) is 0.454. The van der Waals surface area contributed by atoms with Crippen molar-refractivity contribution in [2.45, 2.75) is 13.0 Å². The first-order valence-electron chi connectivity index (χ1n) is 13.3. The molecule has 0 aliphatic rings. The fraction of sp³-hybridized carbons (Fsp3) is 0.290. The van der Waals surface area contributed by atoms with E-state index in [9.17, 15) is 29.4 Å². The van der Waals surface area contributed by atoms with Crippen LogP contribution >= 0.6 is 0 Å². The molecule has 0 saturated carbocycles. The number of aliphatic carboxylic acids is 2. The van der Waals surface area contributed by atoms with Gasteiger partial charge in [0.15, 0.2) is 13.1 Å². The number of nitrogens with zero attached hydrogens (tertiary/aromatic N) is 2. The molecule has 12 heteroatoms. The molecule has 4 N–H and O–H groups in total. The number of hydrogen-bond donors (Lipinski definition) is 3. The fourth-order valence-electron chi connectivity index (χ4n) is 4.66. The minimum Gasteiger partial charge on any atom is -0.870 e. The number of nitrogens with one attached hydrogen (secondary N) is 1. The molecule has 3 aromatic rings. The number of rotatable bonds is 16. The predicted molar refractivity (Wildman–Crippen MR) is 157 cm³/mol. The van der Waals surface area contributed by atoms with Crippen LogP contribution in [-0.2, 0) is 25.7 Å². The number of hydrogen-bond acceptors (Lipinski definition) is 8. The molecule has 0 spiro atoms. The molecule has 3 rings (SSSR count). The van der Waals surface area contributed by atoms with Crippen LogP contribution in [0.25, 0.3) is 0 Å². The van der Waals surface area contributed by atoms with Gasteiger partial charge in [0, 0.05) is 24.2 Å². The summed E-state index contributed by atoms with van der Waals surface area (Å²) in [5, 5.41) is 22.1. The van der Waals surface area contributed by atoms with Crippen LogP contribution in [-0.4, -0.2) is 95.8 Å². The van der Waals surface area contributed by atoms with E-state index < -0.39 is 17.9 Å². The quantitative estimate of drug-likeness (QED) is 0.164. The maximum absolute atomic E-state index is 12.6. The number of likely N-dealkylation sites (N-methyl/N-ethyl adjacent to an activating group) is 1. The van der Waals surface area contributed by atoms with E-state index in [4.69, 9.17) is 9.47 Å². The lowest BCUT2D eigenvalue weighted by atomic mass is 10.1. The molecule has 1 amide bonds. The van der Waals surface area contributed by atoms with E-state index in [2.05, 4.69) is 5.32 Å². The number of carbonyl (C=O) groups is 4. The molecule has 230 valence electrons. The highest BCUT2D eigenvalue weighted by Gasteiger charge is 2.33. The smallest absolute Gasteiger partial charge is 0.359 e. The number of quaternary nitrogens is 1. The number of anilines is 1. The Bertz CT molecular complexity index is 1330. The van der Waals surface area contributed by atoms with Crippen molar-refractivity contribution in [1.82, 2.24) is 4.90 Å². The number of methoxy groups -OCH3 is 1. The Morgan fingerprint density at radius 1 is 0.837 bits per heavy atom. The Kier molecular flexibility index (Phi) is 13.3. The van der Waals surface area contributed by atoms with Gasteiger partial charge in [0.25, 0.3) is 0 Å². The lowest BCUT2D eigenvalue weighted by Gasteiger charge is -2.36. The summed E-state index contributed by atoms with van der Waals surface area (Å²) in [5.41, 5.74) is 1.65. The average molecular weight is 596 g/mol. The lowest BCUT2D eigenvalue weighted by Crippen LogP contribution is -2.54. The van der Waals surface area contributed by atoms with Crippen molar-refractivity contribution in [2.75, 3.05) is 52.2 Å². The highest BCUT2D eigenvalue weighted by molar-refractivity contribution is 5.92. The molecule has 0 aromatic heterocycles. The molecule has 0 saturated heterocycles. The van der Waals surface area contributed by atoms with Crippen molar-refractivity contribution in [3.8, 4) is 11.5 Å². The van der Waals surface area contributed by atoms with Crippen molar-refractivity contribution >= 4 is 29.5 Å². The third-order valence-corrected chi connectivity index (χ3v) is 6.54. The molecular formula is C31H37N3O9. The van der Waals surface area contributed by atoms with Gasteiger partial charge in [-0.2, -0.15) is 0 Å². The molecule has 3 aromatic carbocycles. The van der Waals surface area contributed by atoms with Gasteiger partial charge in [-0.3, -0.25) is 9.69 Å². The number of esters is 1. The summed E-state index contributed by atoms with van der Waals surface area (Å²) < 4.78 is 10.2. The van der Waals surface area contributed by atoms with Crippen LogP contribution in [0.5, 0.6) is 11.5 Å². The number of carboxylic acid groups (broad SMARTS) is 2. The van der Waals surface area contributed by atoms with E-state index in [-0.39, 0.29) is 48.6 Å². The summed E-state index contributed by atoms with van der Waals surface area (Å²) in [5.74, 6) is -1.61. The van der Waals surface area contributed by atoms with Crippen LogP contribution in [0.15, 0.2) is 78.9 Å². The van der Waals surface area contributed by atoms with Crippen molar-refractivity contribution in [3.05, 3.63) is 90.0 Å². The molecule has 43 heavy (non-hydrogen) atoms. The minimum atomic E-state index is -1.12. The van der Waals surface area contributed by atoms with Crippen LogP contribution in [0, 0.1) is 0 Å². The third-order valence-electron chi connectivity index (χ3n) is 6.54. The van der Waals surface area contributed by atoms with Gasteiger partial charge >= 0.3 is 17.9 Å². The highest BCUT2D eigenvalue weighted by Crippen LogP contribution is 2.23. The van der Waals surface area contributed by atoms with Crippen molar-refractivity contribution in [2.24, 2.45) is 0 Å². The normalized spacial score (nSPS) is 10.9. The van der Waals surface area contributed by atoms with Crippen LogP contribution in [0.4, 0.5) is 5.69 Å². The maximum Gasteiger partial charge on any atom is 0.359 e. The van der Waals surface area contributed by atoms with Crippen molar-refractivity contribution in [3.63, 3.8) is 0 Å². The molecule has 0 fully saturated rings. The van der Waals surface area contributed by atoms with E-state index >= 15 is 0 Å². The Balaban J connectivity index is 0.00000645. The Hall–Kier alpha value is -4.78. The van der Waals surface area contributed by atoms with Gasteiger partial charge in [-0.1, -0.05) is 30.3 Å². The van der Waals surface area contributed by atoms with Crippen molar-refractivity contribution in [1.29, 1.82) is 0 Å². The molecule has 0 aliphatic heterocycles. The Morgan fingerprint density at radius 2 is 1.42 bits per heavy atom. The number of para-hydroxylation sites is 1. The Labute approximate surface area is 250 Å². The van der Waals surface area contributed by atoms with E-state index in [1.807, 2.05) is 30.3 Å². The molecule has 0 aliphatic carbocycles. The Morgan fingerprint density at radius 3 is 1.98 bits per heavy atom. The number of carbonyl (C=O) groups excluding carboxylic acids is 2. The lowest BCUT2D eigenvalue weighted by molar-refractivity contribution is -0.927.